The van der Waals surface area contributed by atoms with Crippen molar-refractivity contribution in [1.82, 2.24) is 4.90 Å². The van der Waals surface area contributed by atoms with Gasteiger partial charge in [0.15, 0.2) is 0 Å². The topological polar surface area (TPSA) is 46.6 Å². The number of hydrogen-bond acceptors (Lipinski definition) is 4. The van der Waals surface area contributed by atoms with Crippen LogP contribution in [0.4, 0.5) is 9.18 Å². The van der Waals surface area contributed by atoms with Crippen LogP contribution in [-0.4, -0.2) is 23.1 Å². The maximum Gasteiger partial charge on any atom is 0.293 e. The van der Waals surface area contributed by atoms with E-state index in [1.165, 1.54) is 19.2 Å². The van der Waals surface area contributed by atoms with Gasteiger partial charge in [0.05, 0.1) is 4.91 Å². The SMILES string of the molecule is CN1C(=O)S/C(=C\c2cc(Br)ccc2OCc2ccc(F)cc2)C1=O. The third kappa shape index (κ3) is 4.11. The minimum Gasteiger partial charge on any atom is -0.488 e. The van der Waals surface area contributed by atoms with Gasteiger partial charge in [-0.3, -0.25) is 14.5 Å². The van der Waals surface area contributed by atoms with E-state index < -0.39 is 0 Å². The molecule has 0 saturated carbocycles. The lowest BCUT2D eigenvalue weighted by molar-refractivity contribution is -0.121. The molecule has 0 N–H and O–H groups in total. The Kier molecular flexibility index (Phi) is 5.24. The summed E-state index contributed by atoms with van der Waals surface area (Å²) in [5, 5.41) is -0.306. The Hall–Kier alpha value is -2.12. The average Bonchev–Trinajstić information content (AvgIpc) is 2.83. The first-order valence-electron chi connectivity index (χ1n) is 7.32. The van der Waals surface area contributed by atoms with Gasteiger partial charge in [-0.25, -0.2) is 4.39 Å². The van der Waals surface area contributed by atoms with Gasteiger partial charge in [-0.2, -0.15) is 0 Å². The normalized spacial score (nSPS) is 16.0. The van der Waals surface area contributed by atoms with Crippen LogP contribution in [-0.2, 0) is 11.4 Å². The molecule has 2 amide bonds. The van der Waals surface area contributed by atoms with Crippen LogP contribution in [0.25, 0.3) is 6.08 Å². The molecule has 0 radical (unpaired) electrons. The molecule has 1 aliphatic rings. The number of halogens is 2. The van der Waals surface area contributed by atoms with Crippen molar-refractivity contribution in [2.75, 3.05) is 7.05 Å². The summed E-state index contributed by atoms with van der Waals surface area (Å²) in [4.78, 5) is 25.1. The maximum absolute atomic E-state index is 13.0. The summed E-state index contributed by atoms with van der Waals surface area (Å²) in [5.41, 5.74) is 1.50. The third-order valence-corrected chi connectivity index (χ3v) is 5.01. The summed E-state index contributed by atoms with van der Waals surface area (Å²) in [6, 6.07) is 11.5. The lowest BCUT2D eigenvalue weighted by Crippen LogP contribution is -2.22. The number of carbonyl (C=O) groups is 2. The number of thioether (sulfide) groups is 1. The van der Waals surface area contributed by atoms with E-state index in [0.29, 0.717) is 16.2 Å². The zero-order valence-electron chi connectivity index (χ0n) is 13.2. The largest absolute Gasteiger partial charge is 0.488 e. The van der Waals surface area contributed by atoms with Crippen molar-refractivity contribution in [1.29, 1.82) is 0 Å². The van der Waals surface area contributed by atoms with E-state index in [4.69, 9.17) is 4.74 Å². The zero-order valence-corrected chi connectivity index (χ0v) is 15.6. The van der Waals surface area contributed by atoms with Gasteiger partial charge >= 0.3 is 0 Å². The van der Waals surface area contributed by atoms with E-state index in [2.05, 4.69) is 15.9 Å². The van der Waals surface area contributed by atoms with Gasteiger partial charge in [-0.15, -0.1) is 0 Å². The summed E-state index contributed by atoms with van der Waals surface area (Å²) in [6.07, 6.45) is 1.64. The quantitative estimate of drug-likeness (QED) is 0.663. The summed E-state index contributed by atoms with van der Waals surface area (Å²) in [5.74, 6) is -0.0711. The van der Waals surface area contributed by atoms with E-state index in [9.17, 15) is 14.0 Å². The van der Waals surface area contributed by atoms with Gasteiger partial charge in [-0.1, -0.05) is 28.1 Å². The van der Waals surface area contributed by atoms with E-state index in [-0.39, 0.29) is 23.6 Å². The molecule has 3 rings (SSSR count). The molecule has 0 unspecified atom stereocenters. The van der Waals surface area contributed by atoms with Crippen molar-refractivity contribution < 1.29 is 18.7 Å². The zero-order chi connectivity index (χ0) is 18.0. The Morgan fingerprint density at radius 1 is 1.20 bits per heavy atom. The molecule has 0 aliphatic carbocycles. The number of hydrogen-bond donors (Lipinski definition) is 0. The first-order valence-corrected chi connectivity index (χ1v) is 8.93. The highest BCUT2D eigenvalue weighted by Gasteiger charge is 2.32. The van der Waals surface area contributed by atoms with Crippen LogP contribution in [0.1, 0.15) is 11.1 Å². The minimum atomic E-state index is -0.334. The number of likely N-dealkylation sites (N-methyl/N-ethyl adjacent to an activating group) is 1. The number of carbonyl (C=O) groups excluding carboxylic acids is 2. The summed E-state index contributed by atoms with van der Waals surface area (Å²) in [6.45, 7) is 0.262. The molecule has 25 heavy (non-hydrogen) atoms. The summed E-state index contributed by atoms with van der Waals surface area (Å²) >= 11 is 4.29. The van der Waals surface area contributed by atoms with Crippen molar-refractivity contribution in [2.45, 2.75) is 6.61 Å². The van der Waals surface area contributed by atoms with E-state index in [0.717, 1.165) is 26.7 Å². The van der Waals surface area contributed by atoms with Crippen molar-refractivity contribution >= 4 is 44.9 Å². The van der Waals surface area contributed by atoms with Gasteiger partial charge in [0.2, 0.25) is 0 Å². The van der Waals surface area contributed by atoms with Crippen LogP contribution >= 0.6 is 27.7 Å². The van der Waals surface area contributed by atoms with Gasteiger partial charge in [-0.05, 0) is 53.7 Å². The van der Waals surface area contributed by atoms with Gasteiger partial charge < -0.3 is 4.74 Å². The Labute approximate surface area is 156 Å². The smallest absolute Gasteiger partial charge is 0.293 e. The molecule has 4 nitrogen and oxygen atoms in total. The van der Waals surface area contributed by atoms with E-state index in [1.54, 1.807) is 24.3 Å². The third-order valence-electron chi connectivity index (χ3n) is 3.55. The van der Waals surface area contributed by atoms with Crippen molar-refractivity contribution in [2.24, 2.45) is 0 Å². The van der Waals surface area contributed by atoms with Crippen molar-refractivity contribution in [3.63, 3.8) is 0 Å². The van der Waals surface area contributed by atoms with Crippen LogP contribution < -0.4 is 4.74 Å². The first kappa shape index (κ1) is 17.7. The molecule has 1 saturated heterocycles. The lowest BCUT2D eigenvalue weighted by Gasteiger charge is -2.10. The highest BCUT2D eigenvalue weighted by Crippen LogP contribution is 2.34. The van der Waals surface area contributed by atoms with Crippen molar-refractivity contribution in [3.8, 4) is 5.75 Å². The Morgan fingerprint density at radius 2 is 1.92 bits per heavy atom. The molecule has 2 aromatic carbocycles. The summed E-state index contributed by atoms with van der Waals surface area (Å²) < 4.78 is 19.6. The molecule has 7 heteroatoms. The highest BCUT2D eigenvalue weighted by molar-refractivity contribution is 9.10. The monoisotopic (exact) mass is 421 g/mol. The van der Waals surface area contributed by atoms with Gasteiger partial charge in [0.25, 0.3) is 11.1 Å². The summed E-state index contributed by atoms with van der Waals surface area (Å²) in [7, 11) is 1.45. The second kappa shape index (κ2) is 7.41. The van der Waals surface area contributed by atoms with Gasteiger partial charge in [0, 0.05) is 17.1 Å². The molecular formula is C18H13BrFNO3S. The van der Waals surface area contributed by atoms with Crippen molar-refractivity contribution in [3.05, 3.63) is 68.8 Å². The predicted molar refractivity (Wildman–Crippen MR) is 98.6 cm³/mol. The molecule has 0 bridgehead atoms. The fourth-order valence-corrected chi connectivity index (χ4v) is 3.39. The second-order valence-electron chi connectivity index (χ2n) is 5.34. The molecule has 2 aromatic rings. The Bertz CT molecular complexity index is 867. The number of nitrogens with zero attached hydrogens (tertiary/aromatic N) is 1. The van der Waals surface area contributed by atoms with Crippen LogP contribution in [0, 0.1) is 5.82 Å². The Balaban J connectivity index is 1.84. The van der Waals surface area contributed by atoms with E-state index in [1.807, 2.05) is 12.1 Å². The predicted octanol–water partition coefficient (Wildman–Crippen LogP) is 4.83. The van der Waals surface area contributed by atoms with Crippen LogP contribution in [0.5, 0.6) is 5.75 Å². The molecule has 1 fully saturated rings. The average molecular weight is 422 g/mol. The highest BCUT2D eigenvalue weighted by atomic mass is 79.9. The number of amides is 2. The second-order valence-corrected chi connectivity index (χ2v) is 7.25. The number of ether oxygens (including phenoxy) is 1. The maximum atomic E-state index is 13.0. The minimum absolute atomic E-state index is 0.262. The Morgan fingerprint density at radius 3 is 2.56 bits per heavy atom. The van der Waals surface area contributed by atoms with Crippen LogP contribution in [0.15, 0.2) is 51.8 Å². The molecule has 0 atom stereocenters. The van der Waals surface area contributed by atoms with E-state index >= 15 is 0 Å². The number of imide groups is 1. The van der Waals surface area contributed by atoms with Gasteiger partial charge in [0.1, 0.15) is 18.2 Å². The van der Waals surface area contributed by atoms with Crippen LogP contribution in [0.2, 0.25) is 0 Å². The molecule has 1 aliphatic heterocycles. The lowest BCUT2D eigenvalue weighted by atomic mass is 10.1. The standard InChI is InChI=1S/C18H13BrFNO3S/c1-21-17(22)16(25-18(21)23)9-12-8-13(19)4-7-15(12)24-10-11-2-5-14(20)6-3-11/h2-9H,10H2,1H3/b16-9-. The number of benzene rings is 2. The number of rotatable bonds is 4. The fourth-order valence-electron chi connectivity index (χ4n) is 2.19. The molecule has 128 valence electrons. The molecule has 1 heterocycles. The molecule has 0 spiro atoms. The fraction of sp³-hybridized carbons (Fsp3) is 0.111. The van der Waals surface area contributed by atoms with Crippen LogP contribution in [0.3, 0.4) is 0 Å². The molecular weight excluding hydrogens is 409 g/mol. The first-order chi connectivity index (χ1) is 11.9. The molecule has 0 aromatic heterocycles.